The van der Waals surface area contributed by atoms with Gasteiger partial charge in [-0.25, -0.2) is 0 Å². The molecule has 0 radical (unpaired) electrons. The Bertz CT molecular complexity index is 1170. The molecule has 5 rings (SSSR count). The van der Waals surface area contributed by atoms with Crippen LogP contribution in [0.4, 0.5) is 18.9 Å². The molecular weight excluding hydrogens is 473 g/mol. The molecule has 194 valence electrons. The van der Waals surface area contributed by atoms with Crippen LogP contribution in [0.2, 0.25) is 0 Å². The minimum atomic E-state index is -4.49. The number of amides is 1. The van der Waals surface area contributed by atoms with Crippen molar-refractivity contribution in [1.82, 2.24) is 4.90 Å². The molecule has 1 saturated heterocycles. The maximum absolute atomic E-state index is 13.7. The maximum Gasteiger partial charge on any atom is 0.416 e. The van der Waals surface area contributed by atoms with Crippen LogP contribution in [0.5, 0.6) is 0 Å². The van der Waals surface area contributed by atoms with Crippen LogP contribution in [-0.4, -0.2) is 36.0 Å². The van der Waals surface area contributed by atoms with E-state index in [0.717, 1.165) is 43.8 Å². The van der Waals surface area contributed by atoms with Crippen molar-refractivity contribution in [3.8, 4) is 0 Å². The average Bonchev–Trinajstić information content (AvgIpc) is 2.94. The molecule has 0 bridgehead atoms. The van der Waals surface area contributed by atoms with Crippen molar-refractivity contribution in [2.24, 2.45) is 0 Å². The molecule has 1 saturated carbocycles. The molecule has 1 heterocycles. The van der Waals surface area contributed by atoms with Crippen LogP contribution in [0.3, 0.4) is 0 Å². The van der Waals surface area contributed by atoms with Gasteiger partial charge in [0.2, 0.25) is 0 Å². The van der Waals surface area contributed by atoms with Gasteiger partial charge in [-0.1, -0.05) is 67.4 Å². The van der Waals surface area contributed by atoms with Gasteiger partial charge in [0.15, 0.2) is 0 Å². The molecule has 2 aliphatic rings. The second-order valence-corrected chi connectivity index (χ2v) is 10.2. The van der Waals surface area contributed by atoms with Crippen LogP contribution < -0.4 is 4.90 Å². The third-order valence-corrected chi connectivity index (χ3v) is 7.98. The molecular formula is C31H33F3N2O. The second kappa shape index (κ2) is 11.1. The van der Waals surface area contributed by atoms with Crippen molar-refractivity contribution in [1.29, 1.82) is 0 Å². The Morgan fingerprint density at radius 1 is 0.784 bits per heavy atom. The normalized spacial score (nSPS) is 21.5. The van der Waals surface area contributed by atoms with Gasteiger partial charge in [0.1, 0.15) is 0 Å². The van der Waals surface area contributed by atoms with Crippen LogP contribution in [0.25, 0.3) is 0 Å². The van der Waals surface area contributed by atoms with E-state index in [2.05, 4.69) is 35.2 Å². The van der Waals surface area contributed by atoms with Crippen molar-refractivity contribution in [2.75, 3.05) is 18.0 Å². The molecule has 2 fully saturated rings. The number of piperidine rings is 1. The number of carbonyl (C=O) groups excluding carboxylic acids is 1. The lowest BCUT2D eigenvalue weighted by molar-refractivity contribution is -0.137. The van der Waals surface area contributed by atoms with E-state index in [9.17, 15) is 18.0 Å². The molecule has 0 unspecified atom stereocenters. The number of hydrogen-bond donors (Lipinski definition) is 0. The van der Waals surface area contributed by atoms with E-state index in [4.69, 9.17) is 0 Å². The number of halogens is 3. The fourth-order valence-electron chi connectivity index (χ4n) is 6.16. The molecule has 37 heavy (non-hydrogen) atoms. The van der Waals surface area contributed by atoms with Crippen LogP contribution in [0, 0.1) is 0 Å². The van der Waals surface area contributed by atoms with Gasteiger partial charge >= 0.3 is 6.18 Å². The van der Waals surface area contributed by atoms with E-state index >= 15 is 0 Å². The van der Waals surface area contributed by atoms with Crippen molar-refractivity contribution < 1.29 is 18.0 Å². The summed E-state index contributed by atoms with van der Waals surface area (Å²) in [6.07, 6.45) is 1.94. The Morgan fingerprint density at radius 2 is 1.43 bits per heavy atom. The van der Waals surface area contributed by atoms with Crippen molar-refractivity contribution in [3.63, 3.8) is 0 Å². The predicted molar refractivity (Wildman–Crippen MR) is 141 cm³/mol. The lowest BCUT2D eigenvalue weighted by Gasteiger charge is -2.45. The fraction of sp³-hybridized carbons (Fsp3) is 0.387. The summed E-state index contributed by atoms with van der Waals surface area (Å²) in [5.41, 5.74) is 1.39. The highest BCUT2D eigenvalue weighted by atomic mass is 19.4. The second-order valence-electron chi connectivity index (χ2n) is 10.2. The molecule has 0 aromatic heterocycles. The first-order chi connectivity index (χ1) is 17.9. The number of likely N-dealkylation sites (tertiary alicyclic amines) is 1. The van der Waals surface area contributed by atoms with Crippen molar-refractivity contribution >= 4 is 11.6 Å². The monoisotopic (exact) mass is 506 g/mol. The van der Waals surface area contributed by atoms with Crippen LogP contribution in [0.1, 0.15) is 65.9 Å². The van der Waals surface area contributed by atoms with Gasteiger partial charge in [0, 0.05) is 36.4 Å². The highest BCUT2D eigenvalue weighted by molar-refractivity contribution is 6.06. The molecule has 3 aromatic carbocycles. The van der Waals surface area contributed by atoms with E-state index in [1.165, 1.54) is 43.4 Å². The fourth-order valence-corrected chi connectivity index (χ4v) is 6.16. The van der Waals surface area contributed by atoms with E-state index in [1.807, 2.05) is 30.3 Å². The van der Waals surface area contributed by atoms with Gasteiger partial charge in [-0.15, -0.1) is 0 Å². The molecule has 2 atom stereocenters. The number of alkyl halides is 3. The lowest BCUT2D eigenvalue weighted by atomic mass is 9.78. The van der Waals surface area contributed by atoms with Crippen LogP contribution >= 0.6 is 0 Å². The number of hydrogen-bond acceptors (Lipinski definition) is 2. The summed E-state index contributed by atoms with van der Waals surface area (Å²) >= 11 is 0. The zero-order valence-electron chi connectivity index (χ0n) is 20.9. The number of nitrogens with zero attached hydrogens (tertiary/aromatic N) is 2. The molecule has 1 aliphatic carbocycles. The van der Waals surface area contributed by atoms with E-state index < -0.39 is 11.7 Å². The summed E-state index contributed by atoms with van der Waals surface area (Å²) < 4.78 is 40.1. The Kier molecular flexibility index (Phi) is 7.65. The zero-order valence-corrected chi connectivity index (χ0v) is 20.9. The van der Waals surface area contributed by atoms with E-state index in [0.29, 0.717) is 12.0 Å². The van der Waals surface area contributed by atoms with Gasteiger partial charge in [-0.3, -0.25) is 9.69 Å². The quantitative estimate of drug-likeness (QED) is 0.357. The topological polar surface area (TPSA) is 23.6 Å². The minimum Gasteiger partial charge on any atom is -0.305 e. The minimum absolute atomic E-state index is 0.0672. The number of benzene rings is 3. The Balaban J connectivity index is 1.36. The summed E-state index contributed by atoms with van der Waals surface area (Å²) in [6, 6.07) is 25.3. The molecule has 1 amide bonds. The smallest absolute Gasteiger partial charge is 0.305 e. The standard InChI is InChI=1S/C31H33F3N2O/c32-31(33,34)25-13-9-12-24(22-25)30(37)36(26-14-5-2-6-15-26)27-18-20-35(21-19-27)29-17-8-7-16-28(29)23-10-3-1-4-11-23/h1-6,9-15,22,27-29H,7-8,16-21H2/t28-,29-/m1/s1. The van der Waals surface area contributed by atoms with Gasteiger partial charge in [-0.05, 0) is 67.5 Å². The third-order valence-electron chi connectivity index (χ3n) is 7.98. The first kappa shape index (κ1) is 25.5. The predicted octanol–water partition coefficient (Wildman–Crippen LogP) is 7.54. The highest BCUT2D eigenvalue weighted by Crippen LogP contribution is 2.38. The summed E-state index contributed by atoms with van der Waals surface area (Å²) in [7, 11) is 0. The van der Waals surface area contributed by atoms with Gasteiger partial charge < -0.3 is 4.90 Å². The van der Waals surface area contributed by atoms with Crippen molar-refractivity contribution in [3.05, 3.63) is 102 Å². The van der Waals surface area contributed by atoms with Gasteiger partial charge in [0.05, 0.1) is 5.56 Å². The lowest BCUT2D eigenvalue weighted by Crippen LogP contribution is -2.51. The first-order valence-corrected chi connectivity index (χ1v) is 13.3. The van der Waals surface area contributed by atoms with E-state index in [-0.39, 0.29) is 17.5 Å². The SMILES string of the molecule is O=C(c1cccc(C(F)(F)F)c1)N(c1ccccc1)C1CCN([C@@H]2CCCC[C@@H]2c2ccccc2)CC1. The highest BCUT2D eigenvalue weighted by Gasteiger charge is 2.37. The Hall–Kier alpha value is -3.12. The third kappa shape index (κ3) is 5.74. The summed E-state index contributed by atoms with van der Waals surface area (Å²) in [6.45, 7) is 1.75. The van der Waals surface area contributed by atoms with Crippen molar-refractivity contribution in [2.45, 2.75) is 62.7 Å². The van der Waals surface area contributed by atoms with Crippen LogP contribution in [0.15, 0.2) is 84.9 Å². The molecule has 3 aromatic rings. The molecule has 6 heteroatoms. The number of carbonyl (C=O) groups is 1. The van der Waals surface area contributed by atoms with Gasteiger partial charge in [0.25, 0.3) is 5.91 Å². The summed E-state index contributed by atoms with van der Waals surface area (Å²) in [4.78, 5) is 18.0. The zero-order chi connectivity index (χ0) is 25.8. The summed E-state index contributed by atoms with van der Waals surface area (Å²) in [5, 5.41) is 0. The van der Waals surface area contributed by atoms with E-state index in [1.54, 1.807) is 4.90 Å². The number of rotatable bonds is 5. The largest absolute Gasteiger partial charge is 0.416 e. The van der Waals surface area contributed by atoms with Gasteiger partial charge in [-0.2, -0.15) is 13.2 Å². The maximum atomic E-state index is 13.7. The average molecular weight is 507 g/mol. The first-order valence-electron chi connectivity index (χ1n) is 13.3. The van der Waals surface area contributed by atoms with Crippen LogP contribution in [-0.2, 0) is 6.18 Å². The Labute approximate surface area is 216 Å². The number of anilines is 1. The molecule has 0 spiro atoms. The molecule has 3 nitrogen and oxygen atoms in total. The number of para-hydroxylation sites is 1. The molecule has 1 aliphatic heterocycles. The Morgan fingerprint density at radius 3 is 2.11 bits per heavy atom. The summed E-state index contributed by atoms with van der Waals surface area (Å²) in [5.74, 6) is 0.138. The molecule has 0 N–H and O–H groups in total.